The van der Waals surface area contributed by atoms with Crippen molar-refractivity contribution in [2.45, 2.75) is 33.2 Å². The van der Waals surface area contributed by atoms with Crippen LogP contribution in [0.25, 0.3) is 5.78 Å². The van der Waals surface area contributed by atoms with Gasteiger partial charge in [0.25, 0.3) is 5.56 Å². The lowest BCUT2D eigenvalue weighted by molar-refractivity contribution is 0.825. The average Bonchev–Trinajstić information content (AvgIpc) is 2.91. The summed E-state index contributed by atoms with van der Waals surface area (Å²) in [6.07, 6.45) is 1.80. The molecule has 0 aliphatic heterocycles. The number of H-pyrrole nitrogens is 1. The van der Waals surface area contributed by atoms with Crippen molar-refractivity contribution < 1.29 is 0 Å². The van der Waals surface area contributed by atoms with E-state index in [1.807, 2.05) is 31.2 Å². The Morgan fingerprint density at radius 2 is 2.05 bits per heavy atom. The van der Waals surface area contributed by atoms with Gasteiger partial charge in [-0.1, -0.05) is 31.0 Å². The molecule has 0 amide bonds. The molecule has 2 aromatic heterocycles. The fourth-order valence-corrected chi connectivity index (χ4v) is 2.31. The van der Waals surface area contributed by atoms with Gasteiger partial charge in [0.2, 0.25) is 5.78 Å². The van der Waals surface area contributed by atoms with E-state index in [4.69, 9.17) is 0 Å². The Bertz CT molecular complexity index is 832. The first-order chi connectivity index (χ1) is 10.7. The Labute approximate surface area is 128 Å². The number of anilines is 1. The van der Waals surface area contributed by atoms with Crippen molar-refractivity contribution in [1.82, 2.24) is 19.6 Å². The van der Waals surface area contributed by atoms with E-state index in [0.29, 0.717) is 18.1 Å². The molecule has 2 N–H and O–H groups in total. The molecule has 114 valence electrons. The van der Waals surface area contributed by atoms with Crippen molar-refractivity contribution in [2.24, 2.45) is 0 Å². The zero-order valence-electron chi connectivity index (χ0n) is 12.8. The number of benzene rings is 1. The summed E-state index contributed by atoms with van der Waals surface area (Å²) in [5.74, 6) is 1.08. The van der Waals surface area contributed by atoms with Crippen molar-refractivity contribution in [3.8, 4) is 0 Å². The Morgan fingerprint density at radius 1 is 1.27 bits per heavy atom. The van der Waals surface area contributed by atoms with Crippen molar-refractivity contribution >= 4 is 11.5 Å². The first-order valence-electron chi connectivity index (χ1n) is 7.44. The second-order valence-corrected chi connectivity index (χ2v) is 5.37. The van der Waals surface area contributed by atoms with Crippen LogP contribution in [0, 0.1) is 6.92 Å². The van der Waals surface area contributed by atoms with Gasteiger partial charge in [0, 0.05) is 17.4 Å². The second kappa shape index (κ2) is 6.01. The van der Waals surface area contributed by atoms with Gasteiger partial charge in [0.05, 0.1) is 6.54 Å². The molecule has 0 spiro atoms. The first kappa shape index (κ1) is 14.3. The average molecular weight is 297 g/mol. The van der Waals surface area contributed by atoms with Gasteiger partial charge in [-0.15, -0.1) is 5.10 Å². The molecule has 0 bridgehead atoms. The predicted octanol–water partition coefficient (Wildman–Crippen LogP) is 2.29. The lowest BCUT2D eigenvalue weighted by atomic mass is 10.2. The van der Waals surface area contributed by atoms with Gasteiger partial charge in [-0.2, -0.15) is 9.50 Å². The number of hydrogen-bond donors (Lipinski definition) is 2. The van der Waals surface area contributed by atoms with Crippen LogP contribution >= 0.6 is 0 Å². The van der Waals surface area contributed by atoms with Crippen LogP contribution in [-0.4, -0.2) is 19.6 Å². The number of aromatic amines is 1. The highest BCUT2D eigenvalue weighted by atomic mass is 16.1. The molecular formula is C16H19N5O. The van der Waals surface area contributed by atoms with E-state index in [1.165, 1.54) is 10.1 Å². The molecule has 1 aromatic carbocycles. The van der Waals surface area contributed by atoms with Crippen molar-refractivity contribution in [3.05, 3.63) is 57.8 Å². The van der Waals surface area contributed by atoms with Crippen LogP contribution in [0.1, 0.15) is 30.4 Å². The summed E-state index contributed by atoms with van der Waals surface area (Å²) in [6, 6.07) is 9.69. The number of nitrogens with zero attached hydrogens (tertiary/aromatic N) is 3. The number of nitrogens with one attached hydrogen (secondary N) is 2. The molecule has 0 radical (unpaired) electrons. The largest absolute Gasteiger partial charge is 0.378 e. The van der Waals surface area contributed by atoms with Crippen LogP contribution in [-0.2, 0) is 13.0 Å². The van der Waals surface area contributed by atoms with Crippen LogP contribution in [0.4, 0.5) is 5.69 Å². The van der Waals surface area contributed by atoms with E-state index in [2.05, 4.69) is 27.3 Å². The molecule has 0 aliphatic rings. The summed E-state index contributed by atoms with van der Waals surface area (Å²) in [5.41, 5.74) is 2.96. The zero-order chi connectivity index (χ0) is 15.5. The zero-order valence-corrected chi connectivity index (χ0v) is 12.8. The highest BCUT2D eigenvalue weighted by Gasteiger charge is 2.08. The number of fused-ring (bicyclic) bond motifs is 1. The molecule has 0 fully saturated rings. The molecule has 0 atom stereocenters. The SMILES string of the molecule is CCCc1cc(=O)n2nc(CNc3ccc(C)cc3)nc2[nH]1. The third kappa shape index (κ3) is 3.00. The third-order valence-electron chi connectivity index (χ3n) is 3.45. The number of rotatable bonds is 5. The fourth-order valence-electron chi connectivity index (χ4n) is 2.31. The maximum atomic E-state index is 12.0. The standard InChI is InChI=1S/C16H19N5O/c1-3-4-13-9-15(22)21-16(18-13)19-14(20-21)10-17-12-7-5-11(2)6-8-12/h5-9,17H,3-4,10H2,1-2H3,(H,18,19,20). The molecule has 22 heavy (non-hydrogen) atoms. The topological polar surface area (TPSA) is 75.1 Å². The van der Waals surface area contributed by atoms with Crippen LogP contribution in [0.5, 0.6) is 0 Å². The van der Waals surface area contributed by atoms with E-state index in [0.717, 1.165) is 24.2 Å². The third-order valence-corrected chi connectivity index (χ3v) is 3.45. The maximum Gasteiger partial charge on any atom is 0.275 e. The highest BCUT2D eigenvalue weighted by Crippen LogP contribution is 2.09. The van der Waals surface area contributed by atoms with Crippen molar-refractivity contribution in [3.63, 3.8) is 0 Å². The molecule has 3 rings (SSSR count). The van der Waals surface area contributed by atoms with E-state index in [1.54, 1.807) is 6.07 Å². The summed E-state index contributed by atoms with van der Waals surface area (Å²) in [4.78, 5) is 19.6. The van der Waals surface area contributed by atoms with Crippen molar-refractivity contribution in [1.29, 1.82) is 0 Å². The smallest absolute Gasteiger partial charge is 0.275 e. The second-order valence-electron chi connectivity index (χ2n) is 5.37. The summed E-state index contributed by atoms with van der Waals surface area (Å²) in [5, 5.41) is 7.50. The van der Waals surface area contributed by atoms with Gasteiger partial charge in [0.1, 0.15) is 0 Å². The number of hydrogen-bond acceptors (Lipinski definition) is 4. The summed E-state index contributed by atoms with van der Waals surface area (Å²) in [7, 11) is 0. The summed E-state index contributed by atoms with van der Waals surface area (Å²) >= 11 is 0. The van der Waals surface area contributed by atoms with Gasteiger partial charge >= 0.3 is 0 Å². The van der Waals surface area contributed by atoms with E-state index >= 15 is 0 Å². The normalized spacial score (nSPS) is 11.0. The molecule has 2 heterocycles. The number of aromatic nitrogens is 4. The molecule has 6 nitrogen and oxygen atoms in total. The monoisotopic (exact) mass is 297 g/mol. The van der Waals surface area contributed by atoms with E-state index in [9.17, 15) is 4.79 Å². The van der Waals surface area contributed by atoms with Gasteiger partial charge < -0.3 is 10.3 Å². The Hall–Kier alpha value is -2.63. The molecule has 0 saturated heterocycles. The van der Waals surface area contributed by atoms with Crippen LogP contribution in [0.3, 0.4) is 0 Å². The molecule has 3 aromatic rings. The molecular weight excluding hydrogens is 278 g/mol. The van der Waals surface area contributed by atoms with E-state index < -0.39 is 0 Å². The lowest BCUT2D eigenvalue weighted by Gasteiger charge is -2.03. The summed E-state index contributed by atoms with van der Waals surface area (Å²) < 4.78 is 1.31. The quantitative estimate of drug-likeness (QED) is 0.757. The van der Waals surface area contributed by atoms with Gasteiger partial charge in [0.15, 0.2) is 5.82 Å². The van der Waals surface area contributed by atoms with Gasteiger partial charge in [-0.3, -0.25) is 4.79 Å². The van der Waals surface area contributed by atoms with Crippen molar-refractivity contribution in [2.75, 3.05) is 5.32 Å². The molecule has 6 heteroatoms. The van der Waals surface area contributed by atoms with E-state index in [-0.39, 0.29) is 5.56 Å². The van der Waals surface area contributed by atoms with Crippen LogP contribution in [0.15, 0.2) is 35.1 Å². The van der Waals surface area contributed by atoms with Crippen LogP contribution in [0.2, 0.25) is 0 Å². The van der Waals surface area contributed by atoms with Crippen LogP contribution < -0.4 is 10.9 Å². The highest BCUT2D eigenvalue weighted by molar-refractivity contribution is 5.44. The lowest BCUT2D eigenvalue weighted by Crippen LogP contribution is -2.15. The molecule has 0 aliphatic carbocycles. The molecule has 0 saturated carbocycles. The predicted molar refractivity (Wildman–Crippen MR) is 86.1 cm³/mol. The minimum Gasteiger partial charge on any atom is -0.378 e. The maximum absolute atomic E-state index is 12.0. The van der Waals surface area contributed by atoms with Gasteiger partial charge in [-0.05, 0) is 25.5 Å². The summed E-state index contributed by atoms with van der Waals surface area (Å²) in [6.45, 7) is 4.59. The van der Waals surface area contributed by atoms with Gasteiger partial charge in [-0.25, -0.2) is 0 Å². The minimum atomic E-state index is -0.147. The minimum absolute atomic E-state index is 0.147. The fraction of sp³-hybridized carbons (Fsp3) is 0.312. The first-order valence-corrected chi connectivity index (χ1v) is 7.44. The Morgan fingerprint density at radius 3 is 2.77 bits per heavy atom. The molecule has 0 unspecified atom stereocenters. The Balaban J connectivity index is 1.81. The number of aryl methyl sites for hydroxylation is 2. The Kier molecular flexibility index (Phi) is 3.91.